The highest BCUT2D eigenvalue weighted by Crippen LogP contribution is 2.21. The molecule has 0 unspecified atom stereocenters. The number of aliphatic hydroxyl groups excluding tert-OH is 1. The van der Waals surface area contributed by atoms with Crippen LogP contribution in [0.5, 0.6) is 0 Å². The Bertz CT molecular complexity index is 405. The summed E-state index contributed by atoms with van der Waals surface area (Å²) in [4.78, 5) is 0. The molecule has 1 saturated heterocycles. The number of hydrogen-bond acceptors (Lipinski definition) is 3. The molecule has 1 aromatic rings. The minimum atomic E-state index is 0.00189. The highest BCUT2D eigenvalue weighted by Gasteiger charge is 2.23. The Morgan fingerprint density at radius 2 is 2.00 bits per heavy atom. The van der Waals surface area contributed by atoms with Crippen molar-refractivity contribution in [3.63, 3.8) is 0 Å². The SMILES string of the molecule is OC[C@@H]1CC[C@@H](CC#COCc2ccccc2)O1. The molecule has 2 atom stereocenters. The van der Waals surface area contributed by atoms with Crippen molar-refractivity contribution in [3.05, 3.63) is 35.9 Å². The average molecular weight is 246 g/mol. The molecule has 1 N–H and O–H groups in total. The summed E-state index contributed by atoms with van der Waals surface area (Å²) in [5, 5.41) is 8.93. The fourth-order valence-corrected chi connectivity index (χ4v) is 1.96. The summed E-state index contributed by atoms with van der Waals surface area (Å²) in [6.07, 6.45) is 5.42. The molecule has 0 aromatic heterocycles. The quantitative estimate of drug-likeness (QED) is 0.827. The highest BCUT2D eigenvalue weighted by molar-refractivity contribution is 5.13. The van der Waals surface area contributed by atoms with Gasteiger partial charge in [0.05, 0.1) is 18.8 Å². The van der Waals surface area contributed by atoms with E-state index in [1.165, 1.54) is 0 Å². The molecule has 96 valence electrons. The van der Waals surface area contributed by atoms with E-state index in [0.29, 0.717) is 13.0 Å². The third-order valence-corrected chi connectivity index (χ3v) is 2.95. The maximum absolute atomic E-state index is 8.93. The van der Waals surface area contributed by atoms with Gasteiger partial charge in [-0.15, -0.1) is 0 Å². The van der Waals surface area contributed by atoms with Crippen LogP contribution in [0.25, 0.3) is 0 Å². The molecule has 0 saturated carbocycles. The normalized spacial score (nSPS) is 22.3. The lowest BCUT2D eigenvalue weighted by molar-refractivity contribution is 0.0141. The second kappa shape index (κ2) is 7.05. The van der Waals surface area contributed by atoms with E-state index in [2.05, 4.69) is 12.0 Å². The molecule has 1 aliphatic heterocycles. The van der Waals surface area contributed by atoms with Crippen molar-refractivity contribution in [1.29, 1.82) is 0 Å². The maximum atomic E-state index is 8.93. The summed E-state index contributed by atoms with van der Waals surface area (Å²) in [6.45, 7) is 0.618. The van der Waals surface area contributed by atoms with Crippen LogP contribution in [-0.4, -0.2) is 23.9 Å². The number of ether oxygens (including phenoxy) is 2. The summed E-state index contributed by atoms with van der Waals surface area (Å²) >= 11 is 0. The Morgan fingerprint density at radius 3 is 2.72 bits per heavy atom. The van der Waals surface area contributed by atoms with Gasteiger partial charge in [-0.05, 0) is 18.4 Å². The van der Waals surface area contributed by atoms with Crippen LogP contribution in [0.3, 0.4) is 0 Å². The molecular weight excluding hydrogens is 228 g/mol. The lowest BCUT2D eigenvalue weighted by Crippen LogP contribution is -2.13. The molecule has 0 aliphatic carbocycles. The van der Waals surface area contributed by atoms with Crippen molar-refractivity contribution in [2.24, 2.45) is 0 Å². The van der Waals surface area contributed by atoms with Crippen LogP contribution in [0.1, 0.15) is 24.8 Å². The maximum Gasteiger partial charge on any atom is 0.125 e. The molecule has 0 amide bonds. The smallest absolute Gasteiger partial charge is 0.125 e. The van der Waals surface area contributed by atoms with E-state index in [1.54, 1.807) is 0 Å². The third-order valence-electron chi connectivity index (χ3n) is 2.95. The van der Waals surface area contributed by atoms with Gasteiger partial charge < -0.3 is 14.6 Å². The topological polar surface area (TPSA) is 38.7 Å². The number of aliphatic hydroxyl groups is 1. The second-order valence-corrected chi connectivity index (χ2v) is 4.40. The van der Waals surface area contributed by atoms with E-state index < -0.39 is 0 Å². The third kappa shape index (κ3) is 4.06. The summed E-state index contributed by atoms with van der Waals surface area (Å²) in [6, 6.07) is 9.95. The van der Waals surface area contributed by atoms with Crippen LogP contribution < -0.4 is 0 Å². The first-order chi connectivity index (χ1) is 8.88. The Hall–Kier alpha value is -1.50. The largest absolute Gasteiger partial charge is 0.442 e. The molecule has 3 heteroatoms. The molecule has 0 spiro atoms. The molecule has 2 rings (SSSR count). The molecule has 0 bridgehead atoms. The summed E-state index contributed by atoms with van der Waals surface area (Å²) < 4.78 is 10.8. The van der Waals surface area contributed by atoms with Gasteiger partial charge in [0.1, 0.15) is 12.7 Å². The van der Waals surface area contributed by atoms with Gasteiger partial charge in [0.15, 0.2) is 0 Å². The van der Waals surface area contributed by atoms with Crippen LogP contribution >= 0.6 is 0 Å². The highest BCUT2D eigenvalue weighted by atomic mass is 16.5. The predicted octanol–water partition coefficient (Wildman–Crippen LogP) is 2.09. The van der Waals surface area contributed by atoms with Crippen LogP contribution in [0.4, 0.5) is 0 Å². The van der Waals surface area contributed by atoms with Gasteiger partial charge in [0.25, 0.3) is 0 Å². The van der Waals surface area contributed by atoms with Gasteiger partial charge in [0.2, 0.25) is 0 Å². The van der Waals surface area contributed by atoms with Gasteiger partial charge in [0, 0.05) is 6.42 Å². The van der Waals surface area contributed by atoms with E-state index >= 15 is 0 Å². The van der Waals surface area contributed by atoms with Crippen LogP contribution in [-0.2, 0) is 16.1 Å². The Labute approximate surface area is 108 Å². The monoisotopic (exact) mass is 246 g/mol. The summed E-state index contributed by atoms with van der Waals surface area (Å²) in [5.74, 6) is 2.96. The van der Waals surface area contributed by atoms with Gasteiger partial charge in [-0.25, -0.2) is 0 Å². The number of hydrogen-bond donors (Lipinski definition) is 1. The van der Waals surface area contributed by atoms with E-state index in [0.717, 1.165) is 18.4 Å². The van der Waals surface area contributed by atoms with Crippen molar-refractivity contribution in [2.45, 2.75) is 38.1 Å². The van der Waals surface area contributed by atoms with E-state index in [9.17, 15) is 0 Å². The molecule has 1 heterocycles. The summed E-state index contributed by atoms with van der Waals surface area (Å²) in [5.41, 5.74) is 1.12. The van der Waals surface area contributed by atoms with Crippen molar-refractivity contribution < 1.29 is 14.6 Å². The minimum absolute atomic E-state index is 0.00189. The van der Waals surface area contributed by atoms with Gasteiger partial charge >= 0.3 is 0 Å². The van der Waals surface area contributed by atoms with E-state index in [1.807, 2.05) is 30.3 Å². The lowest BCUT2D eigenvalue weighted by Gasteiger charge is -2.07. The number of rotatable bonds is 4. The van der Waals surface area contributed by atoms with Gasteiger partial charge in [-0.3, -0.25) is 0 Å². The first kappa shape index (κ1) is 12.9. The van der Waals surface area contributed by atoms with Crippen LogP contribution in [0, 0.1) is 12.0 Å². The molecule has 3 nitrogen and oxygen atoms in total. The van der Waals surface area contributed by atoms with Gasteiger partial charge in [-0.2, -0.15) is 0 Å². The zero-order valence-electron chi connectivity index (χ0n) is 10.3. The minimum Gasteiger partial charge on any atom is -0.442 e. The fraction of sp³-hybridized carbons (Fsp3) is 0.467. The molecule has 1 fully saturated rings. The first-order valence-electron chi connectivity index (χ1n) is 6.28. The summed E-state index contributed by atoms with van der Waals surface area (Å²) in [7, 11) is 0. The van der Waals surface area contributed by atoms with Crippen molar-refractivity contribution in [1.82, 2.24) is 0 Å². The second-order valence-electron chi connectivity index (χ2n) is 4.40. The van der Waals surface area contributed by atoms with E-state index in [-0.39, 0.29) is 18.8 Å². The Morgan fingerprint density at radius 1 is 1.22 bits per heavy atom. The molecular formula is C15H18O3. The molecule has 1 aromatic carbocycles. The Kier molecular flexibility index (Phi) is 5.07. The molecule has 18 heavy (non-hydrogen) atoms. The van der Waals surface area contributed by atoms with Crippen LogP contribution in [0.2, 0.25) is 0 Å². The first-order valence-corrected chi connectivity index (χ1v) is 6.28. The fourth-order valence-electron chi connectivity index (χ4n) is 1.96. The molecule has 1 aliphatic rings. The average Bonchev–Trinajstić information content (AvgIpc) is 2.87. The number of benzene rings is 1. The van der Waals surface area contributed by atoms with Gasteiger partial charge in [-0.1, -0.05) is 36.3 Å². The zero-order chi connectivity index (χ0) is 12.6. The Balaban J connectivity index is 1.64. The van der Waals surface area contributed by atoms with Crippen molar-refractivity contribution >= 4 is 0 Å². The molecule has 0 radical (unpaired) electrons. The van der Waals surface area contributed by atoms with Crippen LogP contribution in [0.15, 0.2) is 30.3 Å². The van der Waals surface area contributed by atoms with Crippen molar-refractivity contribution in [3.8, 4) is 12.0 Å². The van der Waals surface area contributed by atoms with E-state index in [4.69, 9.17) is 14.6 Å². The standard InChI is InChI=1S/C15H18O3/c16-11-15-9-8-14(18-15)7-4-10-17-12-13-5-2-1-3-6-13/h1-3,5-6,14-16H,7-9,11-12H2/t14-,15+/m1/s1. The lowest BCUT2D eigenvalue weighted by atomic mass is 10.1. The zero-order valence-corrected chi connectivity index (χ0v) is 10.3. The predicted molar refractivity (Wildman–Crippen MR) is 68.6 cm³/mol. The van der Waals surface area contributed by atoms with Crippen molar-refractivity contribution in [2.75, 3.05) is 6.61 Å².